The summed E-state index contributed by atoms with van der Waals surface area (Å²) in [6.45, 7) is 12.2. The van der Waals surface area contributed by atoms with Gasteiger partial charge >= 0.3 is 0 Å². The zero-order valence-corrected chi connectivity index (χ0v) is 16.7. The molecular weight excluding hydrogens is 393 g/mol. The summed E-state index contributed by atoms with van der Waals surface area (Å²) in [5.74, 6) is 0.617. The van der Waals surface area contributed by atoms with Gasteiger partial charge in [-0.1, -0.05) is 48.5 Å². The third-order valence-electron chi connectivity index (χ3n) is 4.99. The van der Waals surface area contributed by atoms with Crippen molar-refractivity contribution in [3.63, 3.8) is 0 Å². The summed E-state index contributed by atoms with van der Waals surface area (Å²) in [5.41, 5.74) is 1.26. The molecule has 1 amide bonds. The van der Waals surface area contributed by atoms with E-state index in [1.165, 1.54) is 0 Å². The fourth-order valence-corrected chi connectivity index (χ4v) is 3.16. The van der Waals surface area contributed by atoms with E-state index < -0.39 is 0 Å². The first-order valence-corrected chi connectivity index (χ1v) is 9.32. The molecule has 2 unspecified atom stereocenters. The molecule has 0 saturated heterocycles. The fourth-order valence-electron chi connectivity index (χ4n) is 2.45. The van der Waals surface area contributed by atoms with Crippen LogP contribution < -0.4 is 5.32 Å². The number of amides is 1. The van der Waals surface area contributed by atoms with E-state index in [4.69, 9.17) is 4.52 Å². The van der Waals surface area contributed by atoms with Gasteiger partial charge in [-0.15, -0.1) is 0 Å². The van der Waals surface area contributed by atoms with Gasteiger partial charge in [-0.2, -0.15) is 0 Å². The Morgan fingerprint density at radius 2 is 2.14 bits per heavy atom. The molecule has 22 heavy (non-hydrogen) atoms. The van der Waals surface area contributed by atoms with Gasteiger partial charge in [-0.25, -0.2) is 0 Å². The molecule has 5 nitrogen and oxygen atoms in total. The Bertz CT molecular complexity index is 504. The van der Waals surface area contributed by atoms with Gasteiger partial charge < -0.3 is 14.7 Å². The maximum atomic E-state index is 12.4. The van der Waals surface area contributed by atoms with Crippen LogP contribution in [0.2, 0.25) is 0 Å². The van der Waals surface area contributed by atoms with Crippen LogP contribution in [0.5, 0.6) is 0 Å². The summed E-state index contributed by atoms with van der Waals surface area (Å²) in [5, 5.41) is 6.94. The zero-order chi connectivity index (χ0) is 16.9. The second kappa shape index (κ2) is 8.29. The summed E-state index contributed by atoms with van der Waals surface area (Å²) in [7, 11) is 2.12. The minimum absolute atomic E-state index is 0.0180. The normalized spacial score (nSPS) is 15.6. The van der Waals surface area contributed by atoms with Gasteiger partial charge in [0.25, 0.3) is 5.91 Å². The molecule has 1 N–H and O–H groups in total. The van der Waals surface area contributed by atoms with E-state index in [1.807, 2.05) is 6.92 Å². The molecule has 126 valence electrons. The van der Waals surface area contributed by atoms with Crippen molar-refractivity contribution >= 4 is 28.5 Å². The first-order valence-electron chi connectivity index (χ1n) is 7.80. The number of nitrogens with one attached hydrogen (secondary N) is 1. The number of alkyl halides is 1. The SMILES string of the molecule is CCN(C)C(C)C(C)(CC)CNC(=O)c1noc(CI)c1C. The van der Waals surface area contributed by atoms with Crippen LogP contribution in [0.3, 0.4) is 0 Å². The largest absolute Gasteiger partial charge is 0.359 e. The molecule has 0 saturated carbocycles. The molecule has 1 rings (SSSR count). The minimum atomic E-state index is -0.150. The summed E-state index contributed by atoms with van der Waals surface area (Å²) in [6, 6.07) is 0.381. The predicted octanol–water partition coefficient (Wildman–Crippen LogP) is 3.40. The van der Waals surface area contributed by atoms with E-state index in [2.05, 4.69) is 72.7 Å². The minimum Gasteiger partial charge on any atom is -0.359 e. The Labute approximate surface area is 147 Å². The van der Waals surface area contributed by atoms with Crippen molar-refractivity contribution in [2.24, 2.45) is 5.41 Å². The quantitative estimate of drug-likeness (QED) is 0.517. The van der Waals surface area contributed by atoms with Gasteiger partial charge in [-0.3, -0.25) is 4.79 Å². The van der Waals surface area contributed by atoms with E-state index in [0.29, 0.717) is 18.3 Å². The summed E-state index contributed by atoms with van der Waals surface area (Å²) in [4.78, 5) is 14.7. The summed E-state index contributed by atoms with van der Waals surface area (Å²) in [6.07, 6.45) is 0.996. The molecule has 0 aromatic carbocycles. The lowest BCUT2D eigenvalue weighted by atomic mass is 9.79. The molecule has 1 aromatic rings. The van der Waals surface area contributed by atoms with E-state index in [0.717, 1.165) is 28.7 Å². The fraction of sp³-hybridized carbons (Fsp3) is 0.750. The number of nitrogens with zero attached hydrogens (tertiary/aromatic N) is 2. The van der Waals surface area contributed by atoms with Crippen LogP contribution in [0.15, 0.2) is 4.52 Å². The second-order valence-electron chi connectivity index (χ2n) is 6.15. The standard InChI is InChI=1S/C16H28IN3O2/c1-7-16(5,12(4)20(6)8-2)10-18-15(21)14-11(3)13(9-17)22-19-14/h12H,7-10H2,1-6H3,(H,18,21). The number of aromatic nitrogens is 1. The number of halogens is 1. The number of carbonyl (C=O) groups is 1. The van der Waals surface area contributed by atoms with Crippen molar-refractivity contribution in [1.82, 2.24) is 15.4 Å². The first-order chi connectivity index (χ1) is 10.3. The third-order valence-corrected chi connectivity index (χ3v) is 5.68. The van der Waals surface area contributed by atoms with Gasteiger partial charge in [0.15, 0.2) is 5.69 Å². The Balaban J connectivity index is 2.77. The zero-order valence-electron chi connectivity index (χ0n) is 14.5. The highest BCUT2D eigenvalue weighted by atomic mass is 127. The van der Waals surface area contributed by atoms with Crippen LogP contribution >= 0.6 is 22.6 Å². The molecule has 0 fully saturated rings. The average Bonchev–Trinajstić information content (AvgIpc) is 2.91. The van der Waals surface area contributed by atoms with Crippen molar-refractivity contribution in [2.75, 3.05) is 20.1 Å². The molecule has 6 heteroatoms. The van der Waals surface area contributed by atoms with Gasteiger partial charge in [-0.05, 0) is 39.3 Å². The van der Waals surface area contributed by atoms with Crippen molar-refractivity contribution in [3.05, 3.63) is 17.0 Å². The van der Waals surface area contributed by atoms with Crippen molar-refractivity contribution in [2.45, 2.75) is 51.5 Å². The molecule has 0 aliphatic heterocycles. The summed E-state index contributed by atoms with van der Waals surface area (Å²) < 4.78 is 5.92. The Hall–Kier alpha value is -0.630. The first kappa shape index (κ1) is 19.4. The van der Waals surface area contributed by atoms with Crippen LogP contribution in [-0.4, -0.2) is 42.1 Å². The molecule has 0 spiro atoms. The molecule has 1 aromatic heterocycles. The number of hydrogen-bond acceptors (Lipinski definition) is 4. The lowest BCUT2D eigenvalue weighted by molar-refractivity contribution is 0.0833. The molecule has 0 radical (unpaired) electrons. The van der Waals surface area contributed by atoms with E-state index in [9.17, 15) is 4.79 Å². The highest BCUT2D eigenvalue weighted by Crippen LogP contribution is 2.28. The third kappa shape index (κ3) is 4.22. The van der Waals surface area contributed by atoms with Gasteiger partial charge in [0, 0.05) is 18.2 Å². The average molecular weight is 421 g/mol. The van der Waals surface area contributed by atoms with Crippen LogP contribution in [0.1, 0.15) is 55.9 Å². The van der Waals surface area contributed by atoms with Gasteiger partial charge in [0.1, 0.15) is 5.76 Å². The van der Waals surface area contributed by atoms with Gasteiger partial charge in [0.05, 0.1) is 4.43 Å². The highest BCUT2D eigenvalue weighted by molar-refractivity contribution is 14.1. The van der Waals surface area contributed by atoms with Crippen LogP contribution in [0, 0.1) is 12.3 Å². The molecule has 0 bridgehead atoms. The van der Waals surface area contributed by atoms with Crippen LogP contribution in [-0.2, 0) is 4.43 Å². The maximum absolute atomic E-state index is 12.4. The van der Waals surface area contributed by atoms with Crippen molar-refractivity contribution < 1.29 is 9.32 Å². The Morgan fingerprint density at radius 3 is 2.59 bits per heavy atom. The Morgan fingerprint density at radius 1 is 1.50 bits per heavy atom. The summed E-state index contributed by atoms with van der Waals surface area (Å²) >= 11 is 2.20. The van der Waals surface area contributed by atoms with Crippen molar-refractivity contribution in [3.8, 4) is 0 Å². The topological polar surface area (TPSA) is 58.4 Å². The smallest absolute Gasteiger partial charge is 0.273 e. The van der Waals surface area contributed by atoms with Gasteiger partial charge in [0.2, 0.25) is 0 Å². The van der Waals surface area contributed by atoms with E-state index >= 15 is 0 Å². The van der Waals surface area contributed by atoms with Crippen LogP contribution in [0.25, 0.3) is 0 Å². The molecule has 1 heterocycles. The molecule has 0 aliphatic rings. The molecule has 2 atom stereocenters. The highest BCUT2D eigenvalue weighted by Gasteiger charge is 2.32. The monoisotopic (exact) mass is 421 g/mol. The van der Waals surface area contributed by atoms with Crippen LogP contribution in [0.4, 0.5) is 0 Å². The Kier molecular flexibility index (Phi) is 7.31. The van der Waals surface area contributed by atoms with Crippen molar-refractivity contribution in [1.29, 1.82) is 0 Å². The molecular formula is C16H28IN3O2. The van der Waals surface area contributed by atoms with E-state index in [1.54, 1.807) is 0 Å². The number of rotatable bonds is 8. The maximum Gasteiger partial charge on any atom is 0.273 e. The lowest BCUT2D eigenvalue weighted by Crippen LogP contribution is -2.48. The lowest BCUT2D eigenvalue weighted by Gasteiger charge is -2.40. The number of carbonyl (C=O) groups excluding carboxylic acids is 1. The van der Waals surface area contributed by atoms with E-state index in [-0.39, 0.29) is 11.3 Å². The second-order valence-corrected chi connectivity index (χ2v) is 6.92. The molecule has 0 aliphatic carbocycles. The number of hydrogen-bond donors (Lipinski definition) is 1. The predicted molar refractivity (Wildman–Crippen MR) is 97.5 cm³/mol.